The maximum absolute atomic E-state index is 13.6. The van der Waals surface area contributed by atoms with E-state index in [1.165, 1.54) is 6.07 Å². The van der Waals surface area contributed by atoms with Crippen LogP contribution in [0.5, 0.6) is 0 Å². The van der Waals surface area contributed by atoms with E-state index in [1.807, 2.05) is 11.5 Å². The predicted molar refractivity (Wildman–Crippen MR) is 64.9 cm³/mol. The normalized spacial score (nSPS) is 10.6. The second kappa shape index (κ2) is 5.00. The molecule has 94 valence electrons. The molecule has 0 atom stereocenters. The number of carbonyl (C=O) groups is 1. The van der Waals surface area contributed by atoms with Gasteiger partial charge in [-0.15, -0.1) is 0 Å². The first-order chi connectivity index (χ1) is 8.65. The van der Waals surface area contributed by atoms with Crippen molar-refractivity contribution in [2.45, 2.75) is 19.9 Å². The predicted octanol–water partition coefficient (Wildman–Crippen LogP) is 2.80. The van der Waals surface area contributed by atoms with Crippen LogP contribution in [0.25, 0.3) is 11.4 Å². The van der Waals surface area contributed by atoms with Crippen molar-refractivity contribution in [2.75, 3.05) is 0 Å². The second-order valence-corrected chi connectivity index (χ2v) is 3.91. The number of hydrogen-bond donors (Lipinski definition) is 1. The molecule has 0 aliphatic heterocycles. The van der Waals surface area contributed by atoms with Gasteiger partial charge in [0.15, 0.2) is 0 Å². The number of rotatable bonds is 4. The highest BCUT2D eigenvalue weighted by atomic mass is 19.1. The summed E-state index contributed by atoms with van der Waals surface area (Å²) in [6.45, 7) is 2.72. The highest BCUT2D eigenvalue weighted by molar-refractivity contribution is 5.95. The molecule has 0 saturated heterocycles. The highest BCUT2D eigenvalue weighted by Gasteiger charge is 2.19. The van der Waals surface area contributed by atoms with E-state index in [4.69, 9.17) is 5.11 Å². The molecule has 0 bridgehead atoms. The van der Waals surface area contributed by atoms with Gasteiger partial charge in [-0.2, -0.15) is 0 Å². The van der Waals surface area contributed by atoms with Crippen molar-refractivity contribution >= 4 is 5.97 Å². The molecule has 5 heteroatoms. The van der Waals surface area contributed by atoms with Gasteiger partial charge in [0.05, 0.1) is 0 Å². The molecule has 0 radical (unpaired) electrons. The SMILES string of the molecule is CCCn1ccnc1-c1cccc(F)c1C(=O)O. The van der Waals surface area contributed by atoms with Gasteiger partial charge in [0.25, 0.3) is 0 Å². The van der Waals surface area contributed by atoms with E-state index in [-0.39, 0.29) is 5.56 Å². The Morgan fingerprint density at radius 2 is 2.28 bits per heavy atom. The number of aromatic carboxylic acids is 1. The smallest absolute Gasteiger partial charge is 0.339 e. The lowest BCUT2D eigenvalue weighted by Gasteiger charge is -2.09. The molecule has 1 aromatic carbocycles. The lowest BCUT2D eigenvalue weighted by molar-refractivity contribution is 0.0692. The van der Waals surface area contributed by atoms with Crippen molar-refractivity contribution < 1.29 is 14.3 Å². The first kappa shape index (κ1) is 12.3. The molecule has 4 nitrogen and oxygen atoms in total. The van der Waals surface area contributed by atoms with Crippen LogP contribution in [0.3, 0.4) is 0 Å². The zero-order valence-electron chi connectivity index (χ0n) is 9.93. The van der Waals surface area contributed by atoms with Crippen LogP contribution in [0.4, 0.5) is 4.39 Å². The van der Waals surface area contributed by atoms with Crippen molar-refractivity contribution in [1.29, 1.82) is 0 Å². The molecule has 0 aliphatic carbocycles. The number of nitrogens with zero attached hydrogens (tertiary/aromatic N) is 2. The molecule has 0 aliphatic rings. The lowest BCUT2D eigenvalue weighted by atomic mass is 10.1. The van der Waals surface area contributed by atoms with E-state index < -0.39 is 11.8 Å². The Kier molecular flexibility index (Phi) is 3.41. The maximum Gasteiger partial charge on any atom is 0.339 e. The fourth-order valence-corrected chi connectivity index (χ4v) is 1.90. The van der Waals surface area contributed by atoms with Crippen LogP contribution >= 0.6 is 0 Å². The van der Waals surface area contributed by atoms with E-state index >= 15 is 0 Å². The number of aromatic nitrogens is 2. The van der Waals surface area contributed by atoms with Crippen LogP contribution in [0.1, 0.15) is 23.7 Å². The van der Waals surface area contributed by atoms with Crippen molar-refractivity contribution in [1.82, 2.24) is 9.55 Å². The number of carboxylic acid groups (broad SMARTS) is 1. The standard InChI is InChI=1S/C13H13FN2O2/c1-2-7-16-8-6-15-12(16)9-4-3-5-10(14)11(9)13(17)18/h3-6,8H,2,7H2,1H3,(H,17,18). The minimum absolute atomic E-state index is 0.306. The van der Waals surface area contributed by atoms with Gasteiger partial charge in [0.1, 0.15) is 17.2 Å². The summed E-state index contributed by atoms with van der Waals surface area (Å²) in [5, 5.41) is 9.09. The van der Waals surface area contributed by atoms with E-state index in [1.54, 1.807) is 18.5 Å². The summed E-state index contributed by atoms with van der Waals surface area (Å²) in [6, 6.07) is 4.20. The van der Waals surface area contributed by atoms with Gasteiger partial charge in [-0.3, -0.25) is 0 Å². The third-order valence-electron chi connectivity index (χ3n) is 2.65. The van der Waals surface area contributed by atoms with Crippen molar-refractivity contribution in [3.05, 3.63) is 42.0 Å². The monoisotopic (exact) mass is 248 g/mol. The molecule has 0 saturated carbocycles. The molecule has 2 aromatic rings. The molecular weight excluding hydrogens is 235 g/mol. The summed E-state index contributed by atoms with van der Waals surface area (Å²) in [5.41, 5.74) is -0.0259. The van der Waals surface area contributed by atoms with E-state index in [2.05, 4.69) is 4.98 Å². The second-order valence-electron chi connectivity index (χ2n) is 3.91. The molecular formula is C13H13FN2O2. The van der Waals surface area contributed by atoms with Crippen LogP contribution < -0.4 is 0 Å². The Morgan fingerprint density at radius 3 is 2.94 bits per heavy atom. The first-order valence-corrected chi connectivity index (χ1v) is 5.68. The Labute approximate surface area is 104 Å². The van der Waals surface area contributed by atoms with Gasteiger partial charge < -0.3 is 9.67 Å². The van der Waals surface area contributed by atoms with Gasteiger partial charge >= 0.3 is 5.97 Å². The van der Waals surface area contributed by atoms with Crippen molar-refractivity contribution in [3.8, 4) is 11.4 Å². The van der Waals surface area contributed by atoms with E-state index in [0.29, 0.717) is 17.9 Å². The van der Waals surface area contributed by atoms with Gasteiger partial charge in [0.2, 0.25) is 0 Å². The van der Waals surface area contributed by atoms with Gasteiger partial charge in [-0.25, -0.2) is 14.2 Å². The molecule has 2 rings (SSSR count). The molecule has 0 amide bonds. The fraction of sp³-hybridized carbons (Fsp3) is 0.231. The Balaban J connectivity index is 2.60. The average Bonchev–Trinajstić information content (AvgIpc) is 2.76. The Hall–Kier alpha value is -2.17. The largest absolute Gasteiger partial charge is 0.478 e. The molecule has 0 spiro atoms. The van der Waals surface area contributed by atoms with Crippen LogP contribution in [0, 0.1) is 5.82 Å². The molecule has 18 heavy (non-hydrogen) atoms. The van der Waals surface area contributed by atoms with Crippen LogP contribution in [0.2, 0.25) is 0 Å². The Morgan fingerprint density at radius 1 is 1.50 bits per heavy atom. The third-order valence-corrected chi connectivity index (χ3v) is 2.65. The van der Waals surface area contributed by atoms with E-state index in [9.17, 15) is 9.18 Å². The third kappa shape index (κ3) is 2.11. The summed E-state index contributed by atoms with van der Waals surface area (Å²) < 4.78 is 15.4. The van der Waals surface area contributed by atoms with Crippen LogP contribution in [-0.2, 0) is 6.54 Å². The topological polar surface area (TPSA) is 55.1 Å². The molecule has 1 aromatic heterocycles. The quantitative estimate of drug-likeness (QED) is 0.905. The van der Waals surface area contributed by atoms with Crippen molar-refractivity contribution in [3.63, 3.8) is 0 Å². The maximum atomic E-state index is 13.6. The number of carboxylic acids is 1. The number of hydrogen-bond acceptors (Lipinski definition) is 2. The zero-order valence-corrected chi connectivity index (χ0v) is 9.93. The zero-order chi connectivity index (χ0) is 13.1. The minimum atomic E-state index is -1.28. The minimum Gasteiger partial charge on any atom is -0.478 e. The van der Waals surface area contributed by atoms with Crippen molar-refractivity contribution in [2.24, 2.45) is 0 Å². The summed E-state index contributed by atoms with van der Waals surface area (Å²) >= 11 is 0. The fourth-order valence-electron chi connectivity index (χ4n) is 1.90. The van der Waals surface area contributed by atoms with Crippen LogP contribution in [-0.4, -0.2) is 20.6 Å². The van der Waals surface area contributed by atoms with Gasteiger partial charge in [-0.1, -0.05) is 19.1 Å². The number of aryl methyl sites for hydroxylation is 1. The average molecular weight is 248 g/mol. The van der Waals surface area contributed by atoms with Gasteiger partial charge in [0, 0.05) is 24.5 Å². The number of benzene rings is 1. The molecule has 0 unspecified atom stereocenters. The van der Waals surface area contributed by atoms with Gasteiger partial charge in [-0.05, 0) is 12.5 Å². The number of halogens is 1. The van der Waals surface area contributed by atoms with Crippen LogP contribution in [0.15, 0.2) is 30.6 Å². The lowest BCUT2D eigenvalue weighted by Crippen LogP contribution is -2.07. The summed E-state index contributed by atoms with van der Waals surface area (Å²) in [4.78, 5) is 15.3. The summed E-state index contributed by atoms with van der Waals surface area (Å²) in [7, 11) is 0. The summed E-state index contributed by atoms with van der Waals surface area (Å²) in [6.07, 6.45) is 4.23. The Bertz CT molecular complexity index is 578. The summed E-state index contributed by atoms with van der Waals surface area (Å²) in [5.74, 6) is -1.55. The molecule has 0 fully saturated rings. The molecule has 1 heterocycles. The molecule has 1 N–H and O–H groups in total. The number of imidazole rings is 1. The van der Waals surface area contributed by atoms with E-state index in [0.717, 1.165) is 12.5 Å². The first-order valence-electron chi connectivity index (χ1n) is 5.68. The highest BCUT2D eigenvalue weighted by Crippen LogP contribution is 2.24.